The molecule has 2 aromatic heterocycles. The minimum atomic E-state index is -0.548. The van der Waals surface area contributed by atoms with Crippen LogP contribution in [-0.4, -0.2) is 9.97 Å². The first kappa shape index (κ1) is 13.2. The molecule has 0 spiro atoms. The molecule has 0 aliphatic heterocycles. The number of aryl methyl sites for hydroxylation is 2. The highest BCUT2D eigenvalue weighted by molar-refractivity contribution is 9.10. The number of benzene rings is 1. The summed E-state index contributed by atoms with van der Waals surface area (Å²) in [6, 6.07) is 7.44. The molecule has 1 aromatic carbocycles. The molecule has 3 aromatic rings. The summed E-state index contributed by atoms with van der Waals surface area (Å²) in [5, 5.41) is 0. The van der Waals surface area contributed by atoms with Crippen molar-refractivity contribution >= 4 is 27.0 Å². The minimum Gasteiger partial charge on any atom is -0.360 e. The number of aromatic nitrogens is 2. The van der Waals surface area contributed by atoms with Gasteiger partial charge in [-0.05, 0) is 58.6 Å². The fourth-order valence-corrected chi connectivity index (χ4v) is 2.71. The molecule has 2 heterocycles. The first-order valence-electron chi connectivity index (χ1n) is 6.19. The highest BCUT2D eigenvalue weighted by atomic mass is 79.9. The van der Waals surface area contributed by atoms with Crippen molar-refractivity contribution in [2.75, 3.05) is 0 Å². The van der Waals surface area contributed by atoms with E-state index < -0.39 is 11.6 Å². The maximum atomic E-state index is 13.1. The first-order chi connectivity index (χ1) is 9.61. The average molecular weight is 337 g/mol. The number of rotatable bonds is 3. The van der Waals surface area contributed by atoms with Crippen LogP contribution in [0.25, 0.3) is 11.0 Å². The third-order valence-electron chi connectivity index (χ3n) is 3.13. The molecule has 0 unspecified atom stereocenters. The lowest BCUT2D eigenvalue weighted by molar-refractivity contribution is 0.579. The Kier molecular flexibility index (Phi) is 3.53. The standard InChI is InChI=1S/C15H11BrF2N2/c16-12-8-15-14(3-4-19-15)20-13(12)2-1-9-5-10(17)7-11(18)6-9/h3-8,19H,1-2H2. The Morgan fingerprint density at radius 3 is 2.55 bits per heavy atom. The van der Waals surface area contributed by atoms with E-state index in [2.05, 4.69) is 25.9 Å². The summed E-state index contributed by atoms with van der Waals surface area (Å²) in [6.45, 7) is 0. The molecule has 5 heteroatoms. The highest BCUT2D eigenvalue weighted by Gasteiger charge is 2.07. The van der Waals surface area contributed by atoms with E-state index in [0.29, 0.717) is 18.4 Å². The summed E-state index contributed by atoms with van der Waals surface area (Å²) in [4.78, 5) is 7.61. The third-order valence-corrected chi connectivity index (χ3v) is 3.82. The molecule has 3 rings (SSSR count). The van der Waals surface area contributed by atoms with E-state index in [4.69, 9.17) is 0 Å². The van der Waals surface area contributed by atoms with E-state index >= 15 is 0 Å². The lowest BCUT2D eigenvalue weighted by Gasteiger charge is -2.05. The number of nitrogens with one attached hydrogen (secondary N) is 1. The number of hydrogen-bond donors (Lipinski definition) is 1. The van der Waals surface area contributed by atoms with Crippen molar-refractivity contribution in [2.24, 2.45) is 0 Å². The Morgan fingerprint density at radius 1 is 1.05 bits per heavy atom. The van der Waals surface area contributed by atoms with Crippen molar-refractivity contribution in [1.29, 1.82) is 0 Å². The molecule has 0 atom stereocenters. The molecule has 0 amide bonds. The normalized spacial score (nSPS) is 11.2. The number of H-pyrrole nitrogens is 1. The van der Waals surface area contributed by atoms with Gasteiger partial charge in [-0.3, -0.25) is 4.98 Å². The Morgan fingerprint density at radius 2 is 1.80 bits per heavy atom. The first-order valence-corrected chi connectivity index (χ1v) is 6.98. The van der Waals surface area contributed by atoms with Gasteiger partial charge in [0.1, 0.15) is 11.6 Å². The van der Waals surface area contributed by atoms with Crippen molar-refractivity contribution in [3.05, 3.63) is 63.9 Å². The molecule has 0 fully saturated rings. The van der Waals surface area contributed by atoms with Crippen LogP contribution in [-0.2, 0) is 12.8 Å². The predicted octanol–water partition coefficient (Wildman–Crippen LogP) is 4.39. The van der Waals surface area contributed by atoms with Crippen LogP contribution in [0.1, 0.15) is 11.3 Å². The van der Waals surface area contributed by atoms with Crippen LogP contribution in [0.15, 0.2) is 41.0 Å². The Bertz CT molecular complexity index is 747. The highest BCUT2D eigenvalue weighted by Crippen LogP contribution is 2.22. The van der Waals surface area contributed by atoms with E-state index in [-0.39, 0.29) is 0 Å². The van der Waals surface area contributed by atoms with Crippen molar-refractivity contribution in [3.8, 4) is 0 Å². The molecule has 0 saturated carbocycles. The van der Waals surface area contributed by atoms with Gasteiger partial charge < -0.3 is 4.98 Å². The Hall–Kier alpha value is -1.75. The van der Waals surface area contributed by atoms with Gasteiger partial charge in [0, 0.05) is 16.7 Å². The Balaban J connectivity index is 1.84. The number of halogens is 3. The summed E-state index contributed by atoms with van der Waals surface area (Å²) in [6.07, 6.45) is 2.98. The zero-order valence-electron chi connectivity index (χ0n) is 10.5. The molecule has 1 N–H and O–H groups in total. The van der Waals surface area contributed by atoms with Crippen LogP contribution in [0.4, 0.5) is 8.78 Å². The molecule has 0 aliphatic carbocycles. The van der Waals surface area contributed by atoms with E-state index in [9.17, 15) is 8.78 Å². The molecule has 0 bridgehead atoms. The molecule has 102 valence electrons. The van der Waals surface area contributed by atoms with Gasteiger partial charge in [-0.25, -0.2) is 8.78 Å². The molecule has 2 nitrogen and oxygen atoms in total. The van der Waals surface area contributed by atoms with Gasteiger partial charge in [0.05, 0.1) is 16.7 Å². The molecule has 20 heavy (non-hydrogen) atoms. The van der Waals surface area contributed by atoms with Gasteiger partial charge in [-0.2, -0.15) is 0 Å². The lowest BCUT2D eigenvalue weighted by Crippen LogP contribution is -1.97. The van der Waals surface area contributed by atoms with Crippen LogP contribution in [0, 0.1) is 11.6 Å². The predicted molar refractivity (Wildman–Crippen MR) is 77.6 cm³/mol. The molecular weight excluding hydrogens is 326 g/mol. The molecule has 0 aliphatic rings. The monoisotopic (exact) mass is 336 g/mol. The summed E-state index contributed by atoms with van der Waals surface area (Å²) in [5.41, 5.74) is 3.35. The van der Waals surface area contributed by atoms with Crippen LogP contribution in [0.5, 0.6) is 0 Å². The van der Waals surface area contributed by atoms with Gasteiger partial charge in [-0.15, -0.1) is 0 Å². The van der Waals surface area contributed by atoms with E-state index in [1.807, 2.05) is 18.3 Å². The van der Waals surface area contributed by atoms with Crippen LogP contribution < -0.4 is 0 Å². The van der Waals surface area contributed by atoms with Gasteiger partial charge in [0.2, 0.25) is 0 Å². The summed E-state index contributed by atoms with van der Waals surface area (Å²) >= 11 is 3.47. The van der Waals surface area contributed by atoms with E-state index in [1.165, 1.54) is 12.1 Å². The van der Waals surface area contributed by atoms with Crippen LogP contribution in [0.2, 0.25) is 0 Å². The zero-order valence-corrected chi connectivity index (χ0v) is 12.0. The number of hydrogen-bond acceptors (Lipinski definition) is 1. The fraction of sp³-hybridized carbons (Fsp3) is 0.133. The second kappa shape index (κ2) is 5.32. The van der Waals surface area contributed by atoms with Crippen molar-refractivity contribution in [3.63, 3.8) is 0 Å². The zero-order chi connectivity index (χ0) is 14.1. The second-order valence-electron chi connectivity index (χ2n) is 4.61. The van der Waals surface area contributed by atoms with Gasteiger partial charge in [0.25, 0.3) is 0 Å². The quantitative estimate of drug-likeness (QED) is 0.755. The number of aromatic amines is 1. The van der Waals surface area contributed by atoms with Gasteiger partial charge >= 0.3 is 0 Å². The van der Waals surface area contributed by atoms with Crippen molar-refractivity contribution in [2.45, 2.75) is 12.8 Å². The number of fused-ring (bicyclic) bond motifs is 1. The number of nitrogens with zero attached hydrogens (tertiary/aromatic N) is 1. The van der Waals surface area contributed by atoms with E-state index in [0.717, 1.165) is 27.3 Å². The minimum absolute atomic E-state index is 0.538. The van der Waals surface area contributed by atoms with Crippen molar-refractivity contribution < 1.29 is 8.78 Å². The summed E-state index contributed by atoms with van der Waals surface area (Å²) < 4.78 is 27.2. The number of pyridine rings is 1. The molecular formula is C15H11BrF2N2. The molecule has 0 saturated heterocycles. The molecule has 0 radical (unpaired) electrons. The van der Waals surface area contributed by atoms with E-state index in [1.54, 1.807) is 0 Å². The lowest BCUT2D eigenvalue weighted by atomic mass is 10.1. The van der Waals surface area contributed by atoms with Crippen molar-refractivity contribution in [1.82, 2.24) is 9.97 Å². The van der Waals surface area contributed by atoms with Gasteiger partial charge in [0.15, 0.2) is 0 Å². The average Bonchev–Trinajstić information content (AvgIpc) is 2.81. The maximum absolute atomic E-state index is 13.1. The fourth-order valence-electron chi connectivity index (χ4n) is 2.19. The maximum Gasteiger partial charge on any atom is 0.126 e. The van der Waals surface area contributed by atoms with Gasteiger partial charge in [-0.1, -0.05) is 0 Å². The van der Waals surface area contributed by atoms with Crippen LogP contribution >= 0.6 is 15.9 Å². The largest absolute Gasteiger partial charge is 0.360 e. The smallest absolute Gasteiger partial charge is 0.126 e. The summed E-state index contributed by atoms with van der Waals surface area (Å²) in [5.74, 6) is -1.10. The SMILES string of the molecule is Fc1cc(F)cc(CCc2nc3cc[nH]c3cc2Br)c1. The third kappa shape index (κ3) is 2.72. The van der Waals surface area contributed by atoms with Crippen LogP contribution in [0.3, 0.4) is 0 Å². The topological polar surface area (TPSA) is 28.7 Å². The summed E-state index contributed by atoms with van der Waals surface area (Å²) in [7, 11) is 0. The second-order valence-corrected chi connectivity index (χ2v) is 5.46. The Labute approximate surface area is 123 Å².